The Morgan fingerprint density at radius 1 is 1.16 bits per heavy atom. The fourth-order valence-corrected chi connectivity index (χ4v) is 2.08. The van der Waals surface area contributed by atoms with Gasteiger partial charge in [-0.25, -0.2) is 0 Å². The summed E-state index contributed by atoms with van der Waals surface area (Å²) in [5.41, 5.74) is 2.23. The van der Waals surface area contributed by atoms with Crippen LogP contribution >= 0.6 is 0 Å². The lowest BCUT2D eigenvalue weighted by atomic mass is 10.00. The van der Waals surface area contributed by atoms with Crippen molar-refractivity contribution in [2.24, 2.45) is 5.92 Å². The SMILES string of the molecule is CCC(CO)NCC(O)c1ccc(CC(C)C)cc1. The normalized spacial score (nSPS) is 14.6. The zero-order chi connectivity index (χ0) is 14.3. The maximum absolute atomic E-state index is 10.1. The predicted octanol–water partition coefficient (Wildman–Crippen LogP) is 2.28. The van der Waals surface area contributed by atoms with Crippen molar-refractivity contribution in [3.63, 3.8) is 0 Å². The Morgan fingerprint density at radius 2 is 1.79 bits per heavy atom. The molecule has 0 heterocycles. The molecular weight excluding hydrogens is 238 g/mol. The fourth-order valence-electron chi connectivity index (χ4n) is 2.08. The maximum Gasteiger partial charge on any atom is 0.0914 e. The minimum absolute atomic E-state index is 0.0647. The van der Waals surface area contributed by atoms with E-state index in [2.05, 4.69) is 31.3 Å². The summed E-state index contributed by atoms with van der Waals surface area (Å²) in [6.07, 6.45) is 1.40. The summed E-state index contributed by atoms with van der Waals surface area (Å²) in [4.78, 5) is 0. The summed E-state index contributed by atoms with van der Waals surface area (Å²) < 4.78 is 0. The molecule has 3 nitrogen and oxygen atoms in total. The Hall–Kier alpha value is -0.900. The third kappa shape index (κ3) is 5.72. The molecule has 0 radical (unpaired) electrons. The molecule has 3 N–H and O–H groups in total. The van der Waals surface area contributed by atoms with Gasteiger partial charge in [-0.15, -0.1) is 0 Å². The van der Waals surface area contributed by atoms with Gasteiger partial charge >= 0.3 is 0 Å². The molecule has 0 saturated heterocycles. The average molecular weight is 265 g/mol. The lowest BCUT2D eigenvalue weighted by Gasteiger charge is -2.18. The Morgan fingerprint density at radius 3 is 2.26 bits per heavy atom. The van der Waals surface area contributed by atoms with E-state index in [0.29, 0.717) is 12.5 Å². The van der Waals surface area contributed by atoms with E-state index in [9.17, 15) is 5.11 Å². The molecule has 0 saturated carbocycles. The number of aliphatic hydroxyl groups excluding tert-OH is 2. The fraction of sp³-hybridized carbons (Fsp3) is 0.625. The topological polar surface area (TPSA) is 52.5 Å². The molecule has 0 amide bonds. The van der Waals surface area contributed by atoms with Gasteiger partial charge in [-0.05, 0) is 29.9 Å². The second-order valence-corrected chi connectivity index (χ2v) is 5.55. The lowest BCUT2D eigenvalue weighted by molar-refractivity contribution is 0.158. The highest BCUT2D eigenvalue weighted by Gasteiger charge is 2.10. The van der Waals surface area contributed by atoms with Crippen LogP contribution in [0.1, 0.15) is 44.4 Å². The second-order valence-electron chi connectivity index (χ2n) is 5.55. The van der Waals surface area contributed by atoms with Gasteiger partial charge in [-0.3, -0.25) is 0 Å². The van der Waals surface area contributed by atoms with Gasteiger partial charge in [0.1, 0.15) is 0 Å². The quantitative estimate of drug-likeness (QED) is 0.676. The highest BCUT2D eigenvalue weighted by molar-refractivity contribution is 5.24. The number of aliphatic hydroxyl groups is 2. The molecule has 0 aliphatic heterocycles. The van der Waals surface area contributed by atoms with Crippen LogP contribution in [0.4, 0.5) is 0 Å². The van der Waals surface area contributed by atoms with Gasteiger partial charge in [-0.1, -0.05) is 45.0 Å². The molecule has 0 aliphatic rings. The Balaban J connectivity index is 2.50. The molecule has 1 aromatic carbocycles. The first-order valence-electron chi connectivity index (χ1n) is 7.18. The van der Waals surface area contributed by atoms with Crippen LogP contribution in [0.25, 0.3) is 0 Å². The third-order valence-electron chi connectivity index (χ3n) is 3.32. The number of hydrogen-bond donors (Lipinski definition) is 3. The van der Waals surface area contributed by atoms with E-state index >= 15 is 0 Å². The zero-order valence-electron chi connectivity index (χ0n) is 12.3. The van der Waals surface area contributed by atoms with Gasteiger partial charge in [0.25, 0.3) is 0 Å². The summed E-state index contributed by atoms with van der Waals surface area (Å²) in [6, 6.07) is 8.22. The average Bonchev–Trinajstić information content (AvgIpc) is 2.39. The van der Waals surface area contributed by atoms with Gasteiger partial charge in [0.2, 0.25) is 0 Å². The molecule has 0 aromatic heterocycles. The molecule has 3 heteroatoms. The summed E-state index contributed by atoms with van der Waals surface area (Å²) in [5.74, 6) is 0.646. The zero-order valence-corrected chi connectivity index (χ0v) is 12.3. The summed E-state index contributed by atoms with van der Waals surface area (Å²) in [5, 5.41) is 22.3. The van der Waals surface area contributed by atoms with Crippen molar-refractivity contribution in [3.05, 3.63) is 35.4 Å². The molecule has 108 valence electrons. The Bertz CT molecular complexity index is 344. The summed E-state index contributed by atoms with van der Waals surface area (Å²) in [7, 11) is 0. The predicted molar refractivity (Wildman–Crippen MR) is 79.1 cm³/mol. The van der Waals surface area contributed by atoms with Crippen LogP contribution < -0.4 is 5.32 Å². The minimum Gasteiger partial charge on any atom is -0.395 e. The Kier molecular flexibility index (Phi) is 7.06. The van der Waals surface area contributed by atoms with Crippen LogP contribution in [0.5, 0.6) is 0 Å². The van der Waals surface area contributed by atoms with E-state index in [1.165, 1.54) is 5.56 Å². The van der Waals surface area contributed by atoms with Crippen molar-refractivity contribution in [3.8, 4) is 0 Å². The highest BCUT2D eigenvalue weighted by Crippen LogP contribution is 2.15. The van der Waals surface area contributed by atoms with E-state index in [0.717, 1.165) is 18.4 Å². The van der Waals surface area contributed by atoms with Crippen LogP contribution in [0.3, 0.4) is 0 Å². The molecular formula is C16H27NO2. The molecule has 0 aliphatic carbocycles. The second kappa shape index (κ2) is 8.31. The Labute approximate surface area is 116 Å². The molecule has 0 bridgehead atoms. The molecule has 0 spiro atoms. The van der Waals surface area contributed by atoms with Crippen molar-refractivity contribution in [1.82, 2.24) is 5.32 Å². The van der Waals surface area contributed by atoms with Crippen molar-refractivity contribution >= 4 is 0 Å². The van der Waals surface area contributed by atoms with Crippen molar-refractivity contribution in [1.29, 1.82) is 0 Å². The first-order chi connectivity index (χ1) is 9.06. The minimum atomic E-state index is -0.520. The van der Waals surface area contributed by atoms with Crippen LogP contribution in [-0.2, 0) is 6.42 Å². The van der Waals surface area contributed by atoms with E-state index in [4.69, 9.17) is 5.11 Å². The van der Waals surface area contributed by atoms with Gasteiger partial charge in [0, 0.05) is 12.6 Å². The molecule has 19 heavy (non-hydrogen) atoms. The van der Waals surface area contributed by atoms with Gasteiger partial charge in [-0.2, -0.15) is 0 Å². The molecule has 1 aromatic rings. The van der Waals surface area contributed by atoms with Crippen molar-refractivity contribution < 1.29 is 10.2 Å². The summed E-state index contributed by atoms with van der Waals surface area (Å²) >= 11 is 0. The van der Waals surface area contributed by atoms with E-state index in [-0.39, 0.29) is 12.6 Å². The van der Waals surface area contributed by atoms with Gasteiger partial charge in [0.05, 0.1) is 12.7 Å². The van der Waals surface area contributed by atoms with Gasteiger partial charge < -0.3 is 15.5 Å². The number of nitrogens with one attached hydrogen (secondary N) is 1. The van der Waals surface area contributed by atoms with E-state index < -0.39 is 6.10 Å². The number of hydrogen-bond acceptors (Lipinski definition) is 3. The largest absolute Gasteiger partial charge is 0.395 e. The van der Waals surface area contributed by atoms with E-state index in [1.54, 1.807) is 0 Å². The van der Waals surface area contributed by atoms with Gasteiger partial charge in [0.15, 0.2) is 0 Å². The highest BCUT2D eigenvalue weighted by atomic mass is 16.3. The standard InChI is InChI=1S/C16H27NO2/c1-4-15(11-18)17-10-16(19)14-7-5-13(6-8-14)9-12(2)3/h5-8,12,15-19H,4,9-11H2,1-3H3. The number of benzene rings is 1. The summed E-state index contributed by atoms with van der Waals surface area (Å²) in [6.45, 7) is 7.00. The first kappa shape index (κ1) is 16.2. The maximum atomic E-state index is 10.1. The van der Waals surface area contributed by atoms with Crippen LogP contribution in [0.15, 0.2) is 24.3 Å². The van der Waals surface area contributed by atoms with E-state index in [1.807, 2.05) is 19.1 Å². The monoisotopic (exact) mass is 265 g/mol. The van der Waals surface area contributed by atoms with Crippen molar-refractivity contribution in [2.45, 2.75) is 45.8 Å². The molecule has 2 atom stereocenters. The molecule has 2 unspecified atom stereocenters. The van der Waals surface area contributed by atoms with Crippen LogP contribution in [0.2, 0.25) is 0 Å². The number of rotatable bonds is 8. The van der Waals surface area contributed by atoms with Crippen LogP contribution in [-0.4, -0.2) is 29.4 Å². The molecule has 1 rings (SSSR count). The van der Waals surface area contributed by atoms with Crippen LogP contribution in [0, 0.1) is 5.92 Å². The van der Waals surface area contributed by atoms with Crippen molar-refractivity contribution in [2.75, 3.05) is 13.2 Å². The smallest absolute Gasteiger partial charge is 0.0914 e. The lowest BCUT2D eigenvalue weighted by Crippen LogP contribution is -2.34. The third-order valence-corrected chi connectivity index (χ3v) is 3.32. The molecule has 0 fully saturated rings. The first-order valence-corrected chi connectivity index (χ1v) is 7.18.